The lowest BCUT2D eigenvalue weighted by Crippen LogP contribution is -2.49. The molecule has 0 radical (unpaired) electrons. The van der Waals surface area contributed by atoms with E-state index in [9.17, 15) is 14.4 Å². The molecule has 0 rings (SSSR count). The van der Waals surface area contributed by atoms with E-state index in [4.69, 9.17) is 13.3 Å². The summed E-state index contributed by atoms with van der Waals surface area (Å²) in [5.41, 5.74) is 0. The molecule has 0 saturated carbocycles. The van der Waals surface area contributed by atoms with Crippen molar-refractivity contribution in [2.24, 2.45) is 5.92 Å². The highest BCUT2D eigenvalue weighted by molar-refractivity contribution is 6.65. The highest BCUT2D eigenvalue weighted by Gasteiger charge is 2.51. The second kappa shape index (κ2) is 7.15. The van der Waals surface area contributed by atoms with Crippen LogP contribution in [-0.4, -0.2) is 26.7 Å². The van der Waals surface area contributed by atoms with Gasteiger partial charge in [-0.25, -0.2) is 0 Å². The summed E-state index contributed by atoms with van der Waals surface area (Å²) in [4.78, 5) is 33.3. The topological polar surface area (TPSA) is 78.9 Å². The Morgan fingerprint density at radius 2 is 1.22 bits per heavy atom. The van der Waals surface area contributed by atoms with Crippen LogP contribution in [0.1, 0.15) is 41.0 Å². The third-order valence-electron chi connectivity index (χ3n) is 1.93. The molecule has 0 N–H and O–H groups in total. The summed E-state index contributed by atoms with van der Waals surface area (Å²) in [6.45, 7) is 7.49. The van der Waals surface area contributed by atoms with E-state index < -0.39 is 26.7 Å². The van der Waals surface area contributed by atoms with Gasteiger partial charge < -0.3 is 13.3 Å². The summed E-state index contributed by atoms with van der Waals surface area (Å²) < 4.78 is 15.1. The van der Waals surface area contributed by atoms with Gasteiger partial charge in [0, 0.05) is 20.8 Å². The van der Waals surface area contributed by atoms with Crippen LogP contribution in [0.2, 0.25) is 6.04 Å². The van der Waals surface area contributed by atoms with E-state index in [1.165, 1.54) is 20.8 Å². The van der Waals surface area contributed by atoms with E-state index in [2.05, 4.69) is 0 Å². The van der Waals surface area contributed by atoms with Gasteiger partial charge in [0.2, 0.25) is 0 Å². The summed E-state index contributed by atoms with van der Waals surface area (Å²) in [5.74, 6) is -1.59. The first-order valence-electron chi connectivity index (χ1n) is 5.75. The van der Waals surface area contributed by atoms with Crippen LogP contribution in [0.5, 0.6) is 0 Å². The standard InChI is InChI=1S/C11H20O6Si/c1-8(2)6-7-18(15-9(3)12,16-10(4)13)17-11(5)14/h8H,6-7H2,1-5H3. The van der Waals surface area contributed by atoms with Gasteiger partial charge in [0.1, 0.15) is 0 Å². The Balaban J connectivity index is 5.02. The highest BCUT2D eigenvalue weighted by Crippen LogP contribution is 2.22. The van der Waals surface area contributed by atoms with Crippen molar-refractivity contribution in [3.8, 4) is 0 Å². The summed E-state index contributed by atoms with van der Waals surface area (Å²) in [5, 5.41) is 0. The quantitative estimate of drug-likeness (QED) is 0.686. The number of carbonyl (C=O) groups excluding carboxylic acids is 3. The van der Waals surface area contributed by atoms with Gasteiger partial charge >= 0.3 is 8.80 Å². The lowest BCUT2D eigenvalue weighted by Gasteiger charge is -2.26. The van der Waals surface area contributed by atoms with Crippen molar-refractivity contribution in [3.05, 3.63) is 0 Å². The summed E-state index contributed by atoms with van der Waals surface area (Å²) in [6.07, 6.45) is 0.625. The zero-order chi connectivity index (χ0) is 14.3. The maximum Gasteiger partial charge on any atom is 0.705 e. The van der Waals surface area contributed by atoms with Gasteiger partial charge in [-0.15, -0.1) is 0 Å². The number of carbonyl (C=O) groups is 3. The zero-order valence-corrected chi connectivity index (χ0v) is 12.4. The third kappa shape index (κ3) is 7.05. The first kappa shape index (κ1) is 16.6. The molecule has 0 aromatic rings. The summed E-state index contributed by atoms with van der Waals surface area (Å²) in [6, 6.07) is 0.239. The van der Waals surface area contributed by atoms with Crippen LogP contribution in [0, 0.1) is 5.92 Å². The second-order valence-corrected chi connectivity index (χ2v) is 6.87. The fourth-order valence-electron chi connectivity index (χ4n) is 1.34. The zero-order valence-electron chi connectivity index (χ0n) is 11.4. The average molecular weight is 276 g/mol. The van der Waals surface area contributed by atoms with Crippen molar-refractivity contribution in [2.45, 2.75) is 47.1 Å². The van der Waals surface area contributed by atoms with Crippen LogP contribution >= 0.6 is 0 Å². The van der Waals surface area contributed by atoms with Crippen molar-refractivity contribution >= 4 is 26.7 Å². The van der Waals surface area contributed by atoms with E-state index >= 15 is 0 Å². The van der Waals surface area contributed by atoms with Crippen LogP contribution in [0.3, 0.4) is 0 Å². The molecule has 0 aliphatic heterocycles. The molecule has 0 heterocycles. The van der Waals surface area contributed by atoms with Gasteiger partial charge in [-0.3, -0.25) is 14.4 Å². The van der Waals surface area contributed by atoms with Gasteiger partial charge in [-0.05, 0) is 12.3 Å². The van der Waals surface area contributed by atoms with Crippen molar-refractivity contribution < 1.29 is 27.7 Å². The molecule has 0 aliphatic carbocycles. The molecule has 0 amide bonds. The maximum atomic E-state index is 11.1. The van der Waals surface area contributed by atoms with Crippen LogP contribution in [-0.2, 0) is 27.7 Å². The molecule has 6 nitrogen and oxygen atoms in total. The first-order valence-corrected chi connectivity index (χ1v) is 7.69. The first-order chi connectivity index (χ1) is 8.17. The van der Waals surface area contributed by atoms with Crippen LogP contribution in [0.4, 0.5) is 0 Å². The minimum Gasteiger partial charge on any atom is -0.455 e. The Labute approximate surface area is 108 Å². The van der Waals surface area contributed by atoms with E-state index in [0.29, 0.717) is 12.3 Å². The Bertz CT molecular complexity index is 285. The smallest absolute Gasteiger partial charge is 0.455 e. The molecule has 0 fully saturated rings. The molecule has 0 aliphatic rings. The minimum atomic E-state index is -3.60. The molecule has 7 heteroatoms. The number of hydrogen-bond donors (Lipinski definition) is 0. The molecule has 0 bridgehead atoms. The Morgan fingerprint density at radius 1 is 0.889 bits per heavy atom. The van der Waals surface area contributed by atoms with Crippen molar-refractivity contribution in [1.29, 1.82) is 0 Å². The SMILES string of the molecule is CC(=O)O[Si](CCC(C)C)(OC(C)=O)OC(C)=O. The normalized spacial score (nSPS) is 11.0. The monoisotopic (exact) mass is 276 g/mol. The predicted octanol–water partition coefficient (Wildman–Crippen LogP) is 1.66. The van der Waals surface area contributed by atoms with Gasteiger partial charge in [0.05, 0.1) is 6.04 Å². The molecule has 18 heavy (non-hydrogen) atoms. The fourth-order valence-corrected chi connectivity index (χ4v) is 4.01. The molecule has 0 spiro atoms. The molecular formula is C11H20O6Si. The molecule has 0 saturated heterocycles. The summed E-state index contributed by atoms with van der Waals surface area (Å²) >= 11 is 0. The maximum absolute atomic E-state index is 11.1. The van der Waals surface area contributed by atoms with E-state index in [1.54, 1.807) is 0 Å². The summed E-state index contributed by atoms with van der Waals surface area (Å²) in [7, 11) is -3.60. The Hall–Kier alpha value is -1.37. The number of hydrogen-bond acceptors (Lipinski definition) is 6. The van der Waals surface area contributed by atoms with E-state index in [-0.39, 0.29) is 6.04 Å². The molecule has 104 valence electrons. The Kier molecular flexibility index (Phi) is 6.60. The van der Waals surface area contributed by atoms with Gasteiger partial charge in [0.15, 0.2) is 0 Å². The van der Waals surface area contributed by atoms with Crippen LogP contribution < -0.4 is 0 Å². The third-order valence-corrected chi connectivity index (χ3v) is 4.62. The van der Waals surface area contributed by atoms with E-state index in [1.807, 2.05) is 13.8 Å². The lowest BCUT2D eigenvalue weighted by atomic mass is 10.2. The fraction of sp³-hybridized carbons (Fsp3) is 0.727. The average Bonchev–Trinajstić information content (AvgIpc) is 2.11. The Morgan fingerprint density at radius 3 is 1.44 bits per heavy atom. The molecule has 0 aromatic carbocycles. The predicted molar refractivity (Wildman–Crippen MR) is 65.3 cm³/mol. The van der Waals surface area contributed by atoms with Gasteiger partial charge in [-0.1, -0.05) is 13.8 Å². The molecule has 0 unspecified atom stereocenters. The largest absolute Gasteiger partial charge is 0.705 e. The van der Waals surface area contributed by atoms with Crippen LogP contribution in [0.25, 0.3) is 0 Å². The minimum absolute atomic E-state index is 0.239. The second-order valence-electron chi connectivity index (χ2n) is 4.40. The molecular weight excluding hydrogens is 256 g/mol. The van der Waals surface area contributed by atoms with Crippen molar-refractivity contribution in [3.63, 3.8) is 0 Å². The highest BCUT2D eigenvalue weighted by atomic mass is 28.4. The van der Waals surface area contributed by atoms with E-state index in [0.717, 1.165) is 0 Å². The molecule has 0 atom stereocenters. The number of rotatable bonds is 6. The lowest BCUT2D eigenvalue weighted by molar-refractivity contribution is -0.147. The van der Waals surface area contributed by atoms with Crippen molar-refractivity contribution in [2.75, 3.05) is 0 Å². The van der Waals surface area contributed by atoms with Gasteiger partial charge in [-0.2, -0.15) is 0 Å². The van der Waals surface area contributed by atoms with Crippen LogP contribution in [0.15, 0.2) is 0 Å². The van der Waals surface area contributed by atoms with Crippen molar-refractivity contribution in [1.82, 2.24) is 0 Å². The van der Waals surface area contributed by atoms with Gasteiger partial charge in [0.25, 0.3) is 17.9 Å². The molecule has 0 aromatic heterocycles.